The number of carbonyl (C=O) groups excluding carboxylic acids is 2. The average Bonchev–Trinajstić information content (AvgIpc) is 3.43. The Labute approximate surface area is 232 Å². The SMILES string of the molecule is CCc1cc(C(=O)N(CC2CCN(C(=O)OC(C)(C)C)CC2)c2ccnc(NC3CCCC3)n2)ccc1OC. The summed E-state index contributed by atoms with van der Waals surface area (Å²) >= 11 is 0. The molecule has 2 aliphatic rings. The molecular weight excluding hydrogens is 494 g/mol. The highest BCUT2D eigenvalue weighted by atomic mass is 16.6. The van der Waals surface area contributed by atoms with Gasteiger partial charge in [0, 0.05) is 37.4 Å². The van der Waals surface area contributed by atoms with Gasteiger partial charge in [-0.1, -0.05) is 19.8 Å². The van der Waals surface area contributed by atoms with E-state index >= 15 is 0 Å². The van der Waals surface area contributed by atoms with Crippen molar-refractivity contribution in [1.29, 1.82) is 0 Å². The summed E-state index contributed by atoms with van der Waals surface area (Å²) in [4.78, 5) is 39.3. The molecule has 9 heteroatoms. The molecule has 1 aliphatic heterocycles. The van der Waals surface area contributed by atoms with Gasteiger partial charge in [0.15, 0.2) is 0 Å². The summed E-state index contributed by atoms with van der Waals surface area (Å²) in [5.41, 5.74) is 1.06. The molecule has 39 heavy (non-hydrogen) atoms. The molecule has 2 amide bonds. The lowest BCUT2D eigenvalue weighted by Crippen LogP contribution is -2.45. The zero-order chi connectivity index (χ0) is 28.0. The smallest absolute Gasteiger partial charge is 0.410 e. The van der Waals surface area contributed by atoms with Crippen LogP contribution in [0.25, 0.3) is 0 Å². The summed E-state index contributed by atoms with van der Waals surface area (Å²) in [6, 6.07) is 7.76. The summed E-state index contributed by atoms with van der Waals surface area (Å²) in [5, 5.41) is 3.45. The number of likely N-dealkylation sites (tertiary alicyclic amines) is 1. The van der Waals surface area contributed by atoms with Crippen molar-refractivity contribution in [2.45, 2.75) is 84.3 Å². The number of rotatable bonds is 8. The molecule has 4 rings (SSSR count). The van der Waals surface area contributed by atoms with Crippen molar-refractivity contribution in [3.8, 4) is 5.75 Å². The minimum atomic E-state index is -0.524. The van der Waals surface area contributed by atoms with Crippen molar-refractivity contribution in [1.82, 2.24) is 14.9 Å². The molecule has 1 saturated heterocycles. The molecule has 2 heterocycles. The van der Waals surface area contributed by atoms with E-state index < -0.39 is 5.60 Å². The first-order valence-electron chi connectivity index (χ1n) is 14.2. The highest BCUT2D eigenvalue weighted by Gasteiger charge is 2.30. The van der Waals surface area contributed by atoms with Crippen LogP contribution in [0.4, 0.5) is 16.6 Å². The molecule has 1 aromatic carbocycles. The Kier molecular flexibility index (Phi) is 9.30. The van der Waals surface area contributed by atoms with Gasteiger partial charge in [-0.3, -0.25) is 9.69 Å². The number of benzene rings is 1. The van der Waals surface area contributed by atoms with Gasteiger partial charge in [0.2, 0.25) is 5.95 Å². The Morgan fingerprint density at radius 3 is 2.46 bits per heavy atom. The van der Waals surface area contributed by atoms with Crippen LogP contribution in [0.15, 0.2) is 30.5 Å². The van der Waals surface area contributed by atoms with Crippen LogP contribution >= 0.6 is 0 Å². The van der Waals surface area contributed by atoms with Gasteiger partial charge < -0.3 is 19.7 Å². The van der Waals surface area contributed by atoms with E-state index in [0.717, 1.165) is 43.4 Å². The Hall–Kier alpha value is -3.36. The number of methoxy groups -OCH3 is 1. The van der Waals surface area contributed by atoms with Gasteiger partial charge in [-0.25, -0.2) is 9.78 Å². The van der Waals surface area contributed by atoms with Crippen LogP contribution in [-0.4, -0.2) is 65.3 Å². The molecule has 0 spiro atoms. The Morgan fingerprint density at radius 1 is 1.10 bits per heavy atom. The molecule has 0 atom stereocenters. The van der Waals surface area contributed by atoms with Crippen molar-refractivity contribution >= 4 is 23.8 Å². The maximum absolute atomic E-state index is 14.0. The number of hydrogen-bond donors (Lipinski definition) is 1. The number of nitrogens with one attached hydrogen (secondary N) is 1. The second kappa shape index (κ2) is 12.7. The van der Waals surface area contributed by atoms with Crippen molar-refractivity contribution in [3.05, 3.63) is 41.6 Å². The van der Waals surface area contributed by atoms with Crippen molar-refractivity contribution in [3.63, 3.8) is 0 Å². The fraction of sp³-hybridized carbons (Fsp3) is 0.600. The Bertz CT molecular complexity index is 1130. The second-order valence-electron chi connectivity index (χ2n) is 11.6. The van der Waals surface area contributed by atoms with Gasteiger partial charge in [-0.2, -0.15) is 4.98 Å². The van der Waals surface area contributed by atoms with Crippen molar-refractivity contribution < 1.29 is 19.1 Å². The third-order valence-corrected chi connectivity index (χ3v) is 7.47. The second-order valence-corrected chi connectivity index (χ2v) is 11.6. The van der Waals surface area contributed by atoms with Crippen LogP contribution in [0.2, 0.25) is 0 Å². The number of piperidine rings is 1. The lowest BCUT2D eigenvalue weighted by molar-refractivity contribution is 0.0185. The summed E-state index contributed by atoms with van der Waals surface area (Å²) < 4.78 is 11.0. The van der Waals surface area contributed by atoms with Crippen LogP contribution in [-0.2, 0) is 11.2 Å². The standard InChI is InChI=1S/C30H43N5O4/c1-6-22-19-23(11-12-25(22)38-5)27(36)35(26-13-16-31-28(33-26)32-24-9-7-8-10-24)20-21-14-17-34(18-15-21)29(37)39-30(2,3)4/h11-13,16,19,21,24H,6-10,14-15,17-18,20H2,1-5H3,(H,31,32,33). The zero-order valence-corrected chi connectivity index (χ0v) is 24.0. The molecule has 1 aromatic heterocycles. The number of amides is 2. The lowest BCUT2D eigenvalue weighted by atomic mass is 9.96. The molecule has 0 unspecified atom stereocenters. The van der Waals surface area contributed by atoms with E-state index in [2.05, 4.69) is 10.3 Å². The van der Waals surface area contributed by atoms with Crippen LogP contribution in [0.1, 0.15) is 82.1 Å². The first-order chi connectivity index (χ1) is 18.7. The molecule has 0 bridgehead atoms. The van der Waals surface area contributed by atoms with Gasteiger partial charge in [-0.05, 0) is 88.6 Å². The number of hydrogen-bond acceptors (Lipinski definition) is 7. The van der Waals surface area contributed by atoms with E-state index in [1.165, 1.54) is 12.8 Å². The van der Waals surface area contributed by atoms with E-state index in [0.29, 0.717) is 43.0 Å². The summed E-state index contributed by atoms with van der Waals surface area (Å²) in [6.07, 6.45) is 8.40. The number of aromatic nitrogens is 2. The number of aryl methyl sites for hydroxylation is 1. The third-order valence-electron chi connectivity index (χ3n) is 7.47. The summed E-state index contributed by atoms with van der Waals surface area (Å²) in [5.74, 6) is 2.03. The van der Waals surface area contributed by atoms with Crippen LogP contribution in [0.3, 0.4) is 0 Å². The fourth-order valence-corrected chi connectivity index (χ4v) is 5.33. The van der Waals surface area contributed by atoms with Crippen LogP contribution < -0.4 is 15.0 Å². The van der Waals surface area contributed by atoms with Gasteiger partial charge >= 0.3 is 6.09 Å². The van der Waals surface area contributed by atoms with Crippen LogP contribution in [0, 0.1) is 5.92 Å². The normalized spacial score (nSPS) is 16.7. The maximum atomic E-state index is 14.0. The number of nitrogens with zero attached hydrogens (tertiary/aromatic N) is 4. The van der Waals surface area contributed by atoms with Gasteiger partial charge in [0.05, 0.1) is 7.11 Å². The molecule has 9 nitrogen and oxygen atoms in total. The predicted molar refractivity (Wildman–Crippen MR) is 152 cm³/mol. The molecule has 1 N–H and O–H groups in total. The topological polar surface area (TPSA) is 96.9 Å². The highest BCUT2D eigenvalue weighted by molar-refractivity contribution is 6.05. The van der Waals surface area contributed by atoms with Gasteiger partial charge in [0.1, 0.15) is 17.2 Å². The van der Waals surface area contributed by atoms with E-state index in [-0.39, 0.29) is 17.9 Å². The molecule has 1 saturated carbocycles. The summed E-state index contributed by atoms with van der Waals surface area (Å²) in [6.45, 7) is 9.39. The molecule has 2 fully saturated rings. The third kappa shape index (κ3) is 7.61. The monoisotopic (exact) mass is 537 g/mol. The highest BCUT2D eigenvalue weighted by Crippen LogP contribution is 2.27. The van der Waals surface area contributed by atoms with E-state index in [1.54, 1.807) is 29.2 Å². The molecule has 1 aliphatic carbocycles. The molecule has 2 aromatic rings. The fourth-order valence-electron chi connectivity index (χ4n) is 5.33. The van der Waals surface area contributed by atoms with Crippen molar-refractivity contribution in [2.24, 2.45) is 5.92 Å². The maximum Gasteiger partial charge on any atom is 0.410 e. The molecule has 212 valence electrons. The van der Waals surface area contributed by atoms with Crippen LogP contribution in [0.5, 0.6) is 5.75 Å². The van der Waals surface area contributed by atoms with Gasteiger partial charge in [-0.15, -0.1) is 0 Å². The summed E-state index contributed by atoms with van der Waals surface area (Å²) in [7, 11) is 1.64. The molecule has 0 radical (unpaired) electrons. The number of ether oxygens (including phenoxy) is 2. The lowest BCUT2D eigenvalue weighted by Gasteiger charge is -2.35. The van der Waals surface area contributed by atoms with Crippen molar-refractivity contribution in [2.75, 3.05) is 37.0 Å². The van der Waals surface area contributed by atoms with E-state index in [1.807, 2.05) is 45.9 Å². The molecular formula is C30H43N5O4. The largest absolute Gasteiger partial charge is 0.496 e. The zero-order valence-electron chi connectivity index (χ0n) is 24.0. The predicted octanol–water partition coefficient (Wildman–Crippen LogP) is 5.70. The first-order valence-corrected chi connectivity index (χ1v) is 14.2. The minimum absolute atomic E-state index is 0.104. The number of anilines is 2. The van der Waals surface area contributed by atoms with E-state index in [4.69, 9.17) is 14.5 Å². The quantitative estimate of drug-likeness (QED) is 0.462. The Balaban J connectivity index is 1.54. The number of carbonyl (C=O) groups is 2. The Morgan fingerprint density at radius 2 is 1.82 bits per heavy atom. The average molecular weight is 538 g/mol. The first kappa shape index (κ1) is 28.6. The minimum Gasteiger partial charge on any atom is -0.496 e. The van der Waals surface area contributed by atoms with Gasteiger partial charge in [0.25, 0.3) is 5.91 Å². The van der Waals surface area contributed by atoms with E-state index in [9.17, 15) is 9.59 Å².